The van der Waals surface area contributed by atoms with Crippen molar-refractivity contribution in [1.82, 2.24) is 10.2 Å². The summed E-state index contributed by atoms with van der Waals surface area (Å²) in [5.41, 5.74) is 1.34. The lowest BCUT2D eigenvalue weighted by Crippen LogP contribution is -2.12. The largest absolute Gasteiger partial charge is 0.497 e. The standard InChI is InChI=1S/C18H17FN4O2S2/c1-25-15-7-5-13(6-8-15)20-16(24)9-10-26-18-23-22-17(27-18)21-14-4-2-3-12(19)11-14/h2-8,11H,9-10H2,1H3,(H,20,24)(H,21,22). The zero-order valence-corrected chi connectivity index (χ0v) is 16.1. The number of benzene rings is 2. The Morgan fingerprint density at radius 2 is 2.00 bits per heavy atom. The number of ether oxygens (including phenoxy) is 1. The predicted molar refractivity (Wildman–Crippen MR) is 107 cm³/mol. The van der Waals surface area contributed by atoms with Crippen molar-refractivity contribution in [2.45, 2.75) is 10.8 Å². The van der Waals surface area contributed by atoms with Gasteiger partial charge in [-0.15, -0.1) is 10.2 Å². The fourth-order valence-corrected chi connectivity index (χ4v) is 3.92. The highest BCUT2D eigenvalue weighted by Gasteiger charge is 2.08. The molecule has 140 valence electrons. The molecule has 2 aromatic carbocycles. The van der Waals surface area contributed by atoms with Crippen LogP contribution < -0.4 is 15.4 Å². The third-order valence-corrected chi connectivity index (χ3v) is 5.38. The number of anilines is 3. The van der Waals surface area contributed by atoms with Crippen LogP contribution in [0.3, 0.4) is 0 Å². The summed E-state index contributed by atoms with van der Waals surface area (Å²) in [7, 11) is 1.59. The normalized spacial score (nSPS) is 10.4. The highest BCUT2D eigenvalue weighted by Crippen LogP contribution is 2.28. The average molecular weight is 404 g/mol. The van der Waals surface area contributed by atoms with E-state index in [1.54, 1.807) is 43.5 Å². The van der Waals surface area contributed by atoms with Crippen LogP contribution in [-0.4, -0.2) is 29.0 Å². The molecular formula is C18H17FN4O2S2. The molecule has 1 heterocycles. The van der Waals surface area contributed by atoms with Crippen molar-refractivity contribution in [1.29, 1.82) is 0 Å². The number of rotatable bonds is 8. The number of methoxy groups -OCH3 is 1. The second-order valence-corrected chi connectivity index (χ2v) is 7.70. The molecule has 6 nitrogen and oxygen atoms in total. The molecule has 1 amide bonds. The Kier molecular flexibility index (Phi) is 6.61. The molecule has 9 heteroatoms. The number of nitrogens with one attached hydrogen (secondary N) is 2. The Labute approximate surface area is 164 Å². The first kappa shape index (κ1) is 19.1. The molecule has 0 unspecified atom stereocenters. The summed E-state index contributed by atoms with van der Waals surface area (Å²) in [6.07, 6.45) is 0.350. The molecule has 0 atom stereocenters. The van der Waals surface area contributed by atoms with Gasteiger partial charge in [-0.3, -0.25) is 4.79 Å². The molecule has 0 bridgehead atoms. The monoisotopic (exact) mass is 404 g/mol. The third-order valence-electron chi connectivity index (χ3n) is 3.41. The Bertz CT molecular complexity index is 902. The molecule has 0 aliphatic heterocycles. The van der Waals surface area contributed by atoms with Crippen molar-refractivity contribution >= 4 is 45.5 Å². The quantitative estimate of drug-likeness (QED) is 0.537. The Morgan fingerprint density at radius 1 is 1.19 bits per heavy atom. The van der Waals surface area contributed by atoms with Crippen LogP contribution in [0.2, 0.25) is 0 Å². The lowest BCUT2D eigenvalue weighted by molar-refractivity contribution is -0.115. The van der Waals surface area contributed by atoms with Crippen molar-refractivity contribution in [2.24, 2.45) is 0 Å². The Morgan fingerprint density at radius 3 is 2.74 bits per heavy atom. The molecule has 0 spiro atoms. The number of amides is 1. The SMILES string of the molecule is COc1ccc(NC(=O)CCSc2nnc(Nc3cccc(F)c3)s2)cc1. The minimum absolute atomic E-state index is 0.0738. The lowest BCUT2D eigenvalue weighted by Gasteiger charge is -2.05. The highest BCUT2D eigenvalue weighted by molar-refractivity contribution is 8.01. The molecule has 3 rings (SSSR count). The van der Waals surface area contributed by atoms with Gasteiger partial charge in [-0.05, 0) is 42.5 Å². The average Bonchev–Trinajstić information content (AvgIpc) is 3.09. The summed E-state index contributed by atoms with van der Waals surface area (Å²) in [5.74, 6) is 0.927. The molecule has 0 fully saturated rings. The number of halogens is 1. The van der Waals surface area contributed by atoms with Crippen LogP contribution in [0, 0.1) is 5.82 Å². The first-order valence-corrected chi connectivity index (χ1v) is 9.85. The second kappa shape index (κ2) is 9.33. The molecule has 0 aliphatic carbocycles. The fourth-order valence-electron chi connectivity index (χ4n) is 2.14. The molecular weight excluding hydrogens is 387 g/mol. The van der Waals surface area contributed by atoms with Crippen LogP contribution in [0.25, 0.3) is 0 Å². The minimum atomic E-state index is -0.318. The molecule has 3 aromatic rings. The summed E-state index contributed by atoms with van der Waals surface area (Å²) in [6.45, 7) is 0. The van der Waals surface area contributed by atoms with E-state index in [2.05, 4.69) is 20.8 Å². The van der Waals surface area contributed by atoms with E-state index in [4.69, 9.17) is 4.74 Å². The van der Waals surface area contributed by atoms with E-state index in [1.165, 1.54) is 35.2 Å². The number of nitrogens with zero attached hydrogens (tertiary/aromatic N) is 2. The zero-order chi connectivity index (χ0) is 19.1. The van der Waals surface area contributed by atoms with Crippen LogP contribution >= 0.6 is 23.1 Å². The smallest absolute Gasteiger partial charge is 0.225 e. The highest BCUT2D eigenvalue weighted by atomic mass is 32.2. The summed E-state index contributed by atoms with van der Waals surface area (Å²) in [6, 6.07) is 13.3. The van der Waals surface area contributed by atoms with Gasteiger partial charge in [-0.1, -0.05) is 29.2 Å². The molecule has 2 N–H and O–H groups in total. The minimum Gasteiger partial charge on any atom is -0.497 e. The van der Waals surface area contributed by atoms with Gasteiger partial charge in [0.05, 0.1) is 7.11 Å². The predicted octanol–water partition coefficient (Wildman–Crippen LogP) is 4.55. The van der Waals surface area contributed by atoms with Gasteiger partial charge in [0, 0.05) is 23.5 Å². The van der Waals surface area contributed by atoms with E-state index >= 15 is 0 Å². The van der Waals surface area contributed by atoms with E-state index in [1.807, 2.05) is 0 Å². The number of carbonyl (C=O) groups is 1. The summed E-state index contributed by atoms with van der Waals surface area (Å²) < 4.78 is 19.0. The van der Waals surface area contributed by atoms with E-state index in [-0.39, 0.29) is 11.7 Å². The van der Waals surface area contributed by atoms with E-state index in [0.717, 1.165) is 15.8 Å². The van der Waals surface area contributed by atoms with Gasteiger partial charge in [0.2, 0.25) is 11.0 Å². The number of aromatic nitrogens is 2. The van der Waals surface area contributed by atoms with Gasteiger partial charge < -0.3 is 15.4 Å². The van der Waals surface area contributed by atoms with Crippen molar-refractivity contribution < 1.29 is 13.9 Å². The van der Waals surface area contributed by atoms with Crippen molar-refractivity contribution in [3.8, 4) is 5.75 Å². The molecule has 0 saturated heterocycles. The van der Waals surface area contributed by atoms with Crippen LogP contribution in [0.5, 0.6) is 5.75 Å². The van der Waals surface area contributed by atoms with Gasteiger partial charge >= 0.3 is 0 Å². The fraction of sp³-hybridized carbons (Fsp3) is 0.167. The van der Waals surface area contributed by atoms with Gasteiger partial charge in [0.25, 0.3) is 0 Å². The Balaban J connectivity index is 1.43. The van der Waals surface area contributed by atoms with Crippen molar-refractivity contribution in [3.63, 3.8) is 0 Å². The summed E-state index contributed by atoms with van der Waals surface area (Å²) in [4.78, 5) is 12.0. The number of hydrogen-bond donors (Lipinski definition) is 2. The van der Waals surface area contributed by atoms with Gasteiger partial charge in [-0.2, -0.15) is 0 Å². The summed E-state index contributed by atoms with van der Waals surface area (Å²) in [5, 5.41) is 14.5. The first-order chi connectivity index (χ1) is 13.1. The molecule has 0 aliphatic rings. The Hall–Kier alpha value is -2.65. The second-order valence-electron chi connectivity index (χ2n) is 5.38. The zero-order valence-electron chi connectivity index (χ0n) is 14.4. The number of carbonyl (C=O) groups excluding carboxylic acids is 1. The van der Waals surface area contributed by atoms with Crippen LogP contribution in [0.1, 0.15) is 6.42 Å². The maximum absolute atomic E-state index is 13.2. The van der Waals surface area contributed by atoms with Crippen molar-refractivity contribution in [2.75, 3.05) is 23.5 Å². The number of thioether (sulfide) groups is 1. The third kappa shape index (κ3) is 5.93. The molecule has 0 radical (unpaired) electrons. The van der Waals surface area contributed by atoms with Crippen molar-refractivity contribution in [3.05, 3.63) is 54.3 Å². The van der Waals surface area contributed by atoms with Crippen LogP contribution in [0.4, 0.5) is 20.9 Å². The summed E-state index contributed by atoms with van der Waals surface area (Å²) >= 11 is 2.80. The van der Waals surface area contributed by atoms with E-state index in [9.17, 15) is 9.18 Å². The first-order valence-electron chi connectivity index (χ1n) is 8.05. The van der Waals surface area contributed by atoms with Gasteiger partial charge in [-0.25, -0.2) is 4.39 Å². The van der Waals surface area contributed by atoms with E-state index in [0.29, 0.717) is 23.0 Å². The molecule has 0 saturated carbocycles. The maximum atomic E-state index is 13.2. The number of hydrogen-bond acceptors (Lipinski definition) is 7. The lowest BCUT2D eigenvalue weighted by atomic mass is 10.3. The van der Waals surface area contributed by atoms with Gasteiger partial charge in [0.15, 0.2) is 4.34 Å². The van der Waals surface area contributed by atoms with Crippen LogP contribution in [0.15, 0.2) is 52.9 Å². The molecule has 27 heavy (non-hydrogen) atoms. The van der Waals surface area contributed by atoms with Gasteiger partial charge in [0.1, 0.15) is 11.6 Å². The molecule has 1 aromatic heterocycles. The van der Waals surface area contributed by atoms with E-state index < -0.39 is 0 Å². The van der Waals surface area contributed by atoms with Crippen LogP contribution in [-0.2, 0) is 4.79 Å². The maximum Gasteiger partial charge on any atom is 0.225 e. The topological polar surface area (TPSA) is 76.1 Å².